The summed E-state index contributed by atoms with van der Waals surface area (Å²) in [5.74, 6) is -0.986. The molecule has 0 aliphatic heterocycles. The average Bonchev–Trinajstić information content (AvgIpc) is 2.76. The van der Waals surface area contributed by atoms with E-state index < -0.39 is 23.5 Å². The van der Waals surface area contributed by atoms with E-state index in [-0.39, 0.29) is 34.5 Å². The zero-order chi connectivity index (χ0) is 23.6. The Morgan fingerprint density at radius 1 is 0.848 bits per heavy atom. The first-order chi connectivity index (χ1) is 15.7. The van der Waals surface area contributed by atoms with Crippen LogP contribution < -0.4 is 15.8 Å². The van der Waals surface area contributed by atoms with Crippen molar-refractivity contribution in [1.29, 1.82) is 0 Å². The zero-order valence-electron chi connectivity index (χ0n) is 16.6. The molecule has 0 saturated heterocycles. The molecule has 4 rings (SSSR count). The number of pyridine rings is 1. The summed E-state index contributed by atoms with van der Waals surface area (Å²) in [4.78, 5) is 11.2. The van der Waals surface area contributed by atoms with Crippen LogP contribution in [0, 0.1) is 11.6 Å². The lowest BCUT2D eigenvalue weighted by Crippen LogP contribution is -2.07. The van der Waals surface area contributed by atoms with Gasteiger partial charge in [-0.25, -0.2) is 13.8 Å². The van der Waals surface area contributed by atoms with Crippen LogP contribution in [0.25, 0.3) is 11.3 Å². The molecule has 168 valence electrons. The first-order valence-corrected chi connectivity index (χ1v) is 9.35. The fourth-order valence-electron chi connectivity index (χ4n) is 2.88. The molecule has 11 heteroatoms. The fraction of sp³-hybridized carbons (Fsp3) is 0.0455. The fourth-order valence-corrected chi connectivity index (χ4v) is 2.88. The topological polar surface area (TPSA) is 86.0 Å². The SMILES string of the molecule is Nc1nc(Nc2ccc(Oc3ccnc(C(F)(F)F)c3)cc2)cc(-c2cc(F)ccc2F)n1. The number of rotatable bonds is 5. The second-order valence-corrected chi connectivity index (χ2v) is 6.75. The molecule has 0 bridgehead atoms. The minimum atomic E-state index is -4.58. The van der Waals surface area contributed by atoms with Gasteiger partial charge >= 0.3 is 6.18 Å². The van der Waals surface area contributed by atoms with Crippen LogP contribution >= 0.6 is 0 Å². The van der Waals surface area contributed by atoms with Gasteiger partial charge in [-0.15, -0.1) is 0 Å². The largest absolute Gasteiger partial charge is 0.457 e. The molecule has 6 nitrogen and oxygen atoms in total. The third kappa shape index (κ3) is 5.32. The lowest BCUT2D eigenvalue weighted by molar-refractivity contribution is -0.141. The Hall–Kier alpha value is -4.28. The van der Waals surface area contributed by atoms with Crippen molar-refractivity contribution in [2.24, 2.45) is 0 Å². The summed E-state index contributed by atoms with van der Waals surface area (Å²) in [6.07, 6.45) is -3.58. The van der Waals surface area contributed by atoms with Gasteiger partial charge in [0.25, 0.3) is 0 Å². The summed E-state index contributed by atoms with van der Waals surface area (Å²) in [6, 6.07) is 12.7. The van der Waals surface area contributed by atoms with Crippen LogP contribution in [0.1, 0.15) is 5.69 Å². The van der Waals surface area contributed by atoms with Gasteiger partial charge < -0.3 is 15.8 Å². The van der Waals surface area contributed by atoms with Crippen LogP contribution in [-0.4, -0.2) is 15.0 Å². The van der Waals surface area contributed by atoms with Crippen molar-refractivity contribution < 1.29 is 26.7 Å². The lowest BCUT2D eigenvalue weighted by Gasteiger charge is -2.11. The van der Waals surface area contributed by atoms with Crippen LogP contribution in [0.3, 0.4) is 0 Å². The molecule has 0 unspecified atom stereocenters. The molecule has 0 spiro atoms. The molecular formula is C22H14F5N5O. The molecule has 33 heavy (non-hydrogen) atoms. The van der Waals surface area contributed by atoms with Crippen molar-refractivity contribution in [2.75, 3.05) is 11.1 Å². The van der Waals surface area contributed by atoms with E-state index in [2.05, 4.69) is 20.3 Å². The number of nitrogens with one attached hydrogen (secondary N) is 1. The van der Waals surface area contributed by atoms with Crippen LogP contribution in [-0.2, 0) is 6.18 Å². The Morgan fingerprint density at radius 3 is 2.33 bits per heavy atom. The highest BCUT2D eigenvalue weighted by atomic mass is 19.4. The Kier molecular flexibility index (Phi) is 5.78. The van der Waals surface area contributed by atoms with Gasteiger partial charge in [0, 0.05) is 29.6 Å². The van der Waals surface area contributed by atoms with Crippen molar-refractivity contribution in [1.82, 2.24) is 15.0 Å². The van der Waals surface area contributed by atoms with Gasteiger partial charge in [-0.2, -0.15) is 18.2 Å². The second-order valence-electron chi connectivity index (χ2n) is 6.75. The third-order valence-corrected chi connectivity index (χ3v) is 4.33. The van der Waals surface area contributed by atoms with Gasteiger partial charge in [-0.3, -0.25) is 4.98 Å². The maximum absolute atomic E-state index is 14.1. The molecule has 0 saturated carbocycles. The summed E-state index contributed by atoms with van der Waals surface area (Å²) in [7, 11) is 0. The van der Waals surface area contributed by atoms with Gasteiger partial charge in [0.15, 0.2) is 0 Å². The highest BCUT2D eigenvalue weighted by Gasteiger charge is 2.32. The van der Waals surface area contributed by atoms with Crippen molar-refractivity contribution in [3.63, 3.8) is 0 Å². The van der Waals surface area contributed by atoms with E-state index in [0.29, 0.717) is 5.69 Å². The first kappa shape index (κ1) is 21.9. The molecule has 0 aliphatic rings. The van der Waals surface area contributed by atoms with E-state index in [1.807, 2.05) is 0 Å². The predicted molar refractivity (Wildman–Crippen MR) is 111 cm³/mol. The number of alkyl halides is 3. The molecule has 2 heterocycles. The van der Waals surface area contributed by atoms with E-state index in [4.69, 9.17) is 10.5 Å². The zero-order valence-corrected chi connectivity index (χ0v) is 16.6. The number of nitrogens with two attached hydrogens (primary N) is 1. The molecule has 0 aliphatic carbocycles. The molecule has 3 N–H and O–H groups in total. The van der Waals surface area contributed by atoms with Crippen LogP contribution in [0.5, 0.6) is 11.5 Å². The van der Waals surface area contributed by atoms with E-state index in [0.717, 1.165) is 30.5 Å². The Labute approximate surface area is 183 Å². The Bertz CT molecular complexity index is 1300. The maximum atomic E-state index is 14.1. The second kappa shape index (κ2) is 8.69. The smallest absolute Gasteiger partial charge is 0.433 e. The van der Waals surface area contributed by atoms with Crippen LogP contribution in [0.15, 0.2) is 66.9 Å². The number of hydrogen-bond donors (Lipinski definition) is 2. The number of halogens is 5. The molecule has 0 radical (unpaired) electrons. The summed E-state index contributed by atoms with van der Waals surface area (Å²) in [5, 5.41) is 2.95. The number of anilines is 3. The summed E-state index contributed by atoms with van der Waals surface area (Å²) in [6.45, 7) is 0. The van der Waals surface area contributed by atoms with Crippen molar-refractivity contribution >= 4 is 17.5 Å². The normalized spacial score (nSPS) is 11.3. The molecule has 0 atom stereocenters. The Morgan fingerprint density at radius 2 is 1.61 bits per heavy atom. The Balaban J connectivity index is 1.52. The number of ether oxygens (including phenoxy) is 1. The third-order valence-electron chi connectivity index (χ3n) is 4.33. The highest BCUT2D eigenvalue weighted by molar-refractivity contribution is 5.67. The molecule has 4 aromatic rings. The quantitative estimate of drug-likeness (QED) is 0.359. The minimum absolute atomic E-state index is 0.0247. The van der Waals surface area contributed by atoms with Crippen molar-refractivity contribution in [3.05, 3.63) is 84.2 Å². The number of hydrogen-bond acceptors (Lipinski definition) is 6. The molecule has 0 amide bonds. The average molecular weight is 459 g/mol. The summed E-state index contributed by atoms with van der Waals surface area (Å²) < 4.78 is 71.4. The molecule has 0 fully saturated rings. The monoisotopic (exact) mass is 459 g/mol. The predicted octanol–water partition coefficient (Wildman–Crippen LogP) is 5.95. The van der Waals surface area contributed by atoms with E-state index in [9.17, 15) is 22.0 Å². The molecular weight excluding hydrogens is 445 g/mol. The van der Waals surface area contributed by atoms with Crippen LogP contribution in [0.4, 0.5) is 39.4 Å². The van der Waals surface area contributed by atoms with E-state index >= 15 is 0 Å². The summed E-state index contributed by atoms with van der Waals surface area (Å²) >= 11 is 0. The van der Waals surface area contributed by atoms with E-state index in [1.54, 1.807) is 12.1 Å². The maximum Gasteiger partial charge on any atom is 0.433 e. The van der Waals surface area contributed by atoms with Gasteiger partial charge in [0.2, 0.25) is 5.95 Å². The lowest BCUT2D eigenvalue weighted by atomic mass is 10.1. The number of nitrogens with zero attached hydrogens (tertiary/aromatic N) is 3. The molecule has 2 aromatic carbocycles. The highest BCUT2D eigenvalue weighted by Crippen LogP contribution is 2.32. The standard InChI is InChI=1S/C22H14F5N5O/c23-12-1-6-17(24)16(9-12)18-11-20(32-21(28)31-18)30-13-2-4-14(5-3-13)33-15-7-8-29-19(10-15)22(25,26)27/h1-11H,(H3,28,30,31,32). The first-order valence-electron chi connectivity index (χ1n) is 9.35. The van der Waals surface area contributed by atoms with Gasteiger partial charge in [0.05, 0.1) is 5.69 Å². The van der Waals surface area contributed by atoms with Gasteiger partial charge in [-0.05, 0) is 48.5 Å². The van der Waals surface area contributed by atoms with Crippen molar-refractivity contribution in [2.45, 2.75) is 6.18 Å². The number of nitrogen functional groups attached to an aromatic ring is 1. The summed E-state index contributed by atoms with van der Waals surface area (Å²) in [5.41, 5.74) is 5.17. The number of aromatic nitrogens is 3. The van der Waals surface area contributed by atoms with Crippen molar-refractivity contribution in [3.8, 4) is 22.8 Å². The number of benzene rings is 2. The van der Waals surface area contributed by atoms with Crippen LogP contribution in [0.2, 0.25) is 0 Å². The van der Waals surface area contributed by atoms with E-state index in [1.165, 1.54) is 24.3 Å². The molecule has 2 aromatic heterocycles. The van der Waals surface area contributed by atoms with Gasteiger partial charge in [-0.1, -0.05) is 0 Å². The van der Waals surface area contributed by atoms with Gasteiger partial charge in [0.1, 0.15) is 34.6 Å². The minimum Gasteiger partial charge on any atom is -0.457 e.